The fraction of sp³-hybridized carbons (Fsp3) is 0.545. The zero-order valence-electron chi connectivity index (χ0n) is 10.8. The van der Waals surface area contributed by atoms with Crippen molar-refractivity contribution in [1.29, 1.82) is 0 Å². The number of aryl methyl sites for hydroxylation is 1. The average Bonchev–Trinajstić information content (AvgIpc) is 3.04. The minimum absolute atomic E-state index is 0.291. The Morgan fingerprint density at radius 3 is 2.89 bits per heavy atom. The van der Waals surface area contributed by atoms with E-state index >= 15 is 0 Å². The molecule has 0 aliphatic carbocycles. The van der Waals surface area contributed by atoms with Gasteiger partial charge in [0.1, 0.15) is 0 Å². The quantitative estimate of drug-likeness (QED) is 0.772. The van der Waals surface area contributed by atoms with Gasteiger partial charge in [-0.2, -0.15) is 0 Å². The van der Waals surface area contributed by atoms with Crippen molar-refractivity contribution >= 4 is 22.9 Å². The molecule has 0 saturated carbocycles. The smallest absolute Gasteiger partial charge is 0.322 e. The first-order valence-electron chi connectivity index (χ1n) is 6.05. The van der Waals surface area contributed by atoms with Crippen LogP contribution in [0.3, 0.4) is 0 Å². The Morgan fingerprint density at radius 1 is 1.42 bits per heavy atom. The molecule has 3 heterocycles. The summed E-state index contributed by atoms with van der Waals surface area (Å²) in [6.07, 6.45) is 1.63. The molecule has 19 heavy (non-hydrogen) atoms. The summed E-state index contributed by atoms with van der Waals surface area (Å²) >= 11 is 1.83. The van der Waals surface area contributed by atoms with Crippen LogP contribution in [-0.2, 0) is 20.6 Å². The molecule has 7 nitrogen and oxygen atoms in total. The first kappa shape index (κ1) is 12.5. The summed E-state index contributed by atoms with van der Waals surface area (Å²) in [5, 5.41) is 3.65. The third kappa shape index (κ3) is 1.91. The van der Waals surface area contributed by atoms with E-state index in [-0.39, 0.29) is 11.2 Å². The number of aromatic nitrogens is 4. The lowest BCUT2D eigenvalue weighted by Crippen LogP contribution is -2.38. The van der Waals surface area contributed by atoms with Crippen molar-refractivity contribution in [3.63, 3.8) is 0 Å². The van der Waals surface area contributed by atoms with E-state index in [1.807, 2.05) is 16.3 Å². The maximum absolute atomic E-state index is 12.2. The molecule has 1 saturated heterocycles. The highest BCUT2D eigenvalue weighted by molar-refractivity contribution is 8.00. The zero-order valence-corrected chi connectivity index (χ0v) is 11.6. The van der Waals surface area contributed by atoms with E-state index in [2.05, 4.69) is 10.3 Å². The summed E-state index contributed by atoms with van der Waals surface area (Å²) in [6.45, 7) is 1.66. The fourth-order valence-corrected chi connectivity index (χ4v) is 3.33. The third-order valence-electron chi connectivity index (χ3n) is 3.37. The minimum Gasteiger partial charge on any atom is -0.322 e. The topological polar surface area (TPSA) is 73.8 Å². The minimum atomic E-state index is -0.351. The van der Waals surface area contributed by atoms with E-state index in [1.165, 1.54) is 11.6 Å². The molecule has 1 atom stereocenters. The maximum atomic E-state index is 12.2. The molecule has 0 radical (unpaired) electrons. The highest BCUT2D eigenvalue weighted by Gasteiger charge is 2.19. The van der Waals surface area contributed by atoms with Crippen LogP contribution in [0.15, 0.2) is 15.9 Å². The van der Waals surface area contributed by atoms with Gasteiger partial charge in [0.2, 0.25) is 0 Å². The molecule has 0 spiro atoms. The lowest BCUT2D eigenvalue weighted by molar-refractivity contribution is 0.603. The Kier molecular flexibility index (Phi) is 2.98. The van der Waals surface area contributed by atoms with Crippen molar-refractivity contribution < 1.29 is 0 Å². The van der Waals surface area contributed by atoms with Crippen LogP contribution in [0.5, 0.6) is 0 Å². The van der Waals surface area contributed by atoms with Crippen molar-refractivity contribution in [2.45, 2.75) is 11.9 Å². The van der Waals surface area contributed by atoms with Crippen molar-refractivity contribution in [3.8, 4) is 0 Å². The van der Waals surface area contributed by atoms with Crippen LogP contribution in [0.1, 0.15) is 0 Å². The molecule has 2 aromatic heterocycles. The Morgan fingerprint density at radius 2 is 2.21 bits per heavy atom. The van der Waals surface area contributed by atoms with E-state index < -0.39 is 0 Å². The van der Waals surface area contributed by atoms with Gasteiger partial charge in [-0.25, -0.2) is 9.78 Å². The predicted molar refractivity (Wildman–Crippen MR) is 74.5 cm³/mol. The van der Waals surface area contributed by atoms with Gasteiger partial charge in [-0.15, -0.1) is 11.8 Å². The van der Waals surface area contributed by atoms with E-state index in [0.717, 1.165) is 16.9 Å². The van der Waals surface area contributed by atoms with Gasteiger partial charge in [0.25, 0.3) is 5.56 Å². The SMILES string of the molecule is Cn1c(=O)c2c(ncn2CC2NCCS2)n(C)c1=O. The highest BCUT2D eigenvalue weighted by Crippen LogP contribution is 2.17. The van der Waals surface area contributed by atoms with Gasteiger partial charge >= 0.3 is 5.69 Å². The summed E-state index contributed by atoms with van der Waals surface area (Å²) in [4.78, 5) is 28.2. The van der Waals surface area contributed by atoms with Crippen molar-refractivity contribution in [3.05, 3.63) is 27.2 Å². The van der Waals surface area contributed by atoms with Gasteiger partial charge in [-0.1, -0.05) is 0 Å². The van der Waals surface area contributed by atoms with E-state index in [4.69, 9.17) is 0 Å². The summed E-state index contributed by atoms with van der Waals surface area (Å²) in [5.74, 6) is 1.08. The molecule has 3 rings (SSSR count). The van der Waals surface area contributed by atoms with Gasteiger partial charge in [0.15, 0.2) is 11.2 Å². The fourth-order valence-electron chi connectivity index (χ4n) is 2.31. The van der Waals surface area contributed by atoms with Crippen LogP contribution in [0.25, 0.3) is 11.2 Å². The second-order valence-corrected chi connectivity index (χ2v) is 5.90. The summed E-state index contributed by atoms with van der Waals surface area (Å²) in [6, 6.07) is 0. The molecular weight excluding hydrogens is 266 g/mol. The van der Waals surface area contributed by atoms with Crippen LogP contribution in [-0.4, -0.2) is 36.4 Å². The number of hydrogen-bond acceptors (Lipinski definition) is 5. The lowest BCUT2D eigenvalue weighted by atomic mass is 10.4. The van der Waals surface area contributed by atoms with E-state index in [1.54, 1.807) is 13.4 Å². The van der Waals surface area contributed by atoms with Crippen LogP contribution in [0, 0.1) is 0 Å². The summed E-state index contributed by atoms with van der Waals surface area (Å²) in [7, 11) is 3.12. The van der Waals surface area contributed by atoms with Crippen LogP contribution >= 0.6 is 11.8 Å². The molecule has 1 aliphatic rings. The Labute approximate surface area is 113 Å². The highest BCUT2D eigenvalue weighted by atomic mass is 32.2. The second-order valence-electron chi connectivity index (χ2n) is 4.59. The number of nitrogens with one attached hydrogen (secondary N) is 1. The van der Waals surface area contributed by atoms with Crippen molar-refractivity contribution in [2.24, 2.45) is 14.1 Å². The molecule has 1 aliphatic heterocycles. The zero-order chi connectivity index (χ0) is 13.6. The molecular formula is C11H15N5O2S. The Balaban J connectivity index is 2.17. The van der Waals surface area contributed by atoms with E-state index in [0.29, 0.717) is 23.1 Å². The van der Waals surface area contributed by atoms with Gasteiger partial charge < -0.3 is 9.88 Å². The molecule has 1 unspecified atom stereocenters. The normalized spacial score (nSPS) is 19.4. The van der Waals surface area contributed by atoms with Crippen molar-refractivity contribution in [2.75, 3.05) is 12.3 Å². The lowest BCUT2D eigenvalue weighted by Gasteiger charge is -2.11. The first-order chi connectivity index (χ1) is 9.09. The summed E-state index contributed by atoms with van der Waals surface area (Å²) < 4.78 is 4.35. The molecule has 0 bridgehead atoms. The number of rotatable bonds is 2. The van der Waals surface area contributed by atoms with Gasteiger partial charge in [0, 0.05) is 32.9 Å². The number of fused-ring (bicyclic) bond motifs is 1. The first-order valence-corrected chi connectivity index (χ1v) is 7.10. The van der Waals surface area contributed by atoms with Crippen molar-refractivity contribution in [1.82, 2.24) is 24.0 Å². The number of thioether (sulfide) groups is 1. The molecule has 1 N–H and O–H groups in total. The molecule has 2 aromatic rings. The number of nitrogens with zero attached hydrogens (tertiary/aromatic N) is 4. The molecule has 0 amide bonds. The summed E-state index contributed by atoms with van der Waals surface area (Å²) in [5.41, 5.74) is 0.282. The van der Waals surface area contributed by atoms with E-state index in [9.17, 15) is 9.59 Å². The molecule has 1 fully saturated rings. The maximum Gasteiger partial charge on any atom is 0.332 e. The second kappa shape index (κ2) is 4.53. The van der Waals surface area contributed by atoms with Gasteiger partial charge in [0.05, 0.1) is 11.7 Å². The number of imidazole rings is 1. The number of hydrogen-bond donors (Lipinski definition) is 1. The monoisotopic (exact) mass is 281 g/mol. The molecule has 102 valence electrons. The largest absolute Gasteiger partial charge is 0.332 e. The van der Waals surface area contributed by atoms with Gasteiger partial charge in [-0.05, 0) is 0 Å². The Bertz CT molecular complexity index is 738. The Hall–Kier alpha value is -1.54. The van der Waals surface area contributed by atoms with Gasteiger partial charge in [-0.3, -0.25) is 13.9 Å². The standard InChI is InChI=1S/C11H15N5O2S/c1-14-9-8(10(17)15(2)11(14)18)16(6-13-9)5-7-12-3-4-19-7/h6-7,12H,3-5H2,1-2H3. The third-order valence-corrected chi connectivity index (χ3v) is 4.53. The molecule has 0 aromatic carbocycles. The van der Waals surface area contributed by atoms with Crippen LogP contribution in [0.4, 0.5) is 0 Å². The average molecular weight is 281 g/mol. The van der Waals surface area contributed by atoms with Crippen LogP contribution in [0.2, 0.25) is 0 Å². The molecule has 8 heteroatoms. The van der Waals surface area contributed by atoms with Crippen LogP contribution < -0.4 is 16.6 Å². The predicted octanol–water partition coefficient (Wildman–Crippen LogP) is -0.904.